The van der Waals surface area contributed by atoms with Gasteiger partial charge in [0, 0.05) is 23.1 Å². The molecule has 1 N–H and O–H groups in total. The summed E-state index contributed by atoms with van der Waals surface area (Å²) in [5.74, 6) is 0. The van der Waals surface area contributed by atoms with Crippen LogP contribution in [-0.2, 0) is 0 Å². The molecule has 4 nitrogen and oxygen atoms in total. The van der Waals surface area contributed by atoms with Gasteiger partial charge in [-0.05, 0) is 31.2 Å². The molecule has 0 amide bonds. The van der Waals surface area contributed by atoms with Gasteiger partial charge in [0.15, 0.2) is 0 Å². The topological polar surface area (TPSA) is 72.5 Å². The van der Waals surface area contributed by atoms with Crippen LogP contribution in [0.3, 0.4) is 0 Å². The van der Waals surface area contributed by atoms with Crippen LogP contribution in [0.4, 0.5) is 5.69 Å². The summed E-state index contributed by atoms with van der Waals surface area (Å²) in [6, 6.07) is 17.1. The van der Waals surface area contributed by atoms with Crippen LogP contribution in [0.15, 0.2) is 54.2 Å². The number of nitriles is 2. The van der Waals surface area contributed by atoms with E-state index in [0.717, 1.165) is 22.6 Å². The number of anilines is 1. The molecule has 0 atom stereocenters. The lowest BCUT2D eigenvalue weighted by molar-refractivity contribution is 1.20. The molecular weight excluding hydrogens is 248 g/mol. The van der Waals surface area contributed by atoms with Gasteiger partial charge in [0.1, 0.15) is 17.7 Å². The first-order valence-electron chi connectivity index (χ1n) is 6.04. The van der Waals surface area contributed by atoms with Crippen LogP contribution in [0.5, 0.6) is 0 Å². The van der Waals surface area contributed by atoms with Gasteiger partial charge >= 0.3 is 0 Å². The average Bonchev–Trinajstić information content (AvgIpc) is 2.49. The molecule has 96 valence electrons. The smallest absolute Gasteiger partial charge is 0.145 e. The largest absolute Gasteiger partial charge is 0.360 e. The van der Waals surface area contributed by atoms with Gasteiger partial charge in [-0.3, -0.25) is 4.98 Å². The molecule has 1 aromatic carbocycles. The van der Waals surface area contributed by atoms with Crippen LogP contribution in [-0.4, -0.2) is 4.98 Å². The van der Waals surface area contributed by atoms with E-state index < -0.39 is 0 Å². The van der Waals surface area contributed by atoms with Crippen molar-refractivity contribution < 1.29 is 0 Å². The molecule has 1 heterocycles. The predicted molar refractivity (Wildman–Crippen MR) is 77.3 cm³/mol. The summed E-state index contributed by atoms with van der Waals surface area (Å²) in [6.45, 7) is 1.95. The highest BCUT2D eigenvalue weighted by molar-refractivity contribution is 5.63. The summed E-state index contributed by atoms with van der Waals surface area (Å²) in [5.41, 5.74) is 3.75. The number of hydrogen-bond donors (Lipinski definition) is 1. The van der Waals surface area contributed by atoms with E-state index in [-0.39, 0.29) is 5.57 Å². The minimum Gasteiger partial charge on any atom is -0.360 e. The Hall–Kier alpha value is -3.11. The number of benzene rings is 1. The summed E-state index contributed by atoms with van der Waals surface area (Å²) < 4.78 is 0. The fourth-order valence-electron chi connectivity index (χ4n) is 1.69. The minimum absolute atomic E-state index is 0.0365. The Morgan fingerprint density at radius 3 is 2.40 bits per heavy atom. The highest BCUT2D eigenvalue weighted by Gasteiger charge is 1.99. The second-order valence-electron chi connectivity index (χ2n) is 4.17. The van der Waals surface area contributed by atoms with E-state index in [1.54, 1.807) is 12.1 Å². The highest BCUT2D eigenvalue weighted by Crippen LogP contribution is 2.19. The first-order valence-corrected chi connectivity index (χ1v) is 6.04. The van der Waals surface area contributed by atoms with Crippen LogP contribution in [0, 0.1) is 29.6 Å². The molecule has 0 aliphatic carbocycles. The molecule has 0 aliphatic rings. The first-order chi connectivity index (χ1) is 9.72. The van der Waals surface area contributed by atoms with E-state index in [4.69, 9.17) is 10.5 Å². The summed E-state index contributed by atoms with van der Waals surface area (Å²) in [7, 11) is 0. The lowest BCUT2D eigenvalue weighted by Crippen LogP contribution is -1.90. The molecule has 0 bridgehead atoms. The van der Waals surface area contributed by atoms with Crippen LogP contribution >= 0.6 is 0 Å². The number of aryl methyl sites for hydroxylation is 1. The monoisotopic (exact) mass is 260 g/mol. The Balaban J connectivity index is 2.17. The van der Waals surface area contributed by atoms with Gasteiger partial charge in [0.25, 0.3) is 0 Å². The molecule has 1 aromatic heterocycles. The van der Waals surface area contributed by atoms with Gasteiger partial charge in [0.2, 0.25) is 0 Å². The summed E-state index contributed by atoms with van der Waals surface area (Å²) in [4.78, 5) is 4.46. The van der Waals surface area contributed by atoms with Gasteiger partial charge in [-0.25, -0.2) is 0 Å². The third-order valence-electron chi connectivity index (χ3n) is 2.69. The second-order valence-corrected chi connectivity index (χ2v) is 4.17. The predicted octanol–water partition coefficient (Wildman–Crippen LogP) is 3.40. The quantitative estimate of drug-likeness (QED) is 0.858. The number of aromatic nitrogens is 1. The van der Waals surface area contributed by atoms with E-state index >= 15 is 0 Å². The van der Waals surface area contributed by atoms with Gasteiger partial charge in [0.05, 0.1) is 5.69 Å². The fourth-order valence-corrected chi connectivity index (χ4v) is 1.69. The molecule has 0 aliphatic heterocycles. The third kappa shape index (κ3) is 3.22. The molecular formula is C16H12N4. The van der Waals surface area contributed by atoms with Crippen molar-refractivity contribution in [2.24, 2.45) is 0 Å². The molecule has 4 heteroatoms. The van der Waals surface area contributed by atoms with Crippen molar-refractivity contribution in [3.05, 3.63) is 59.9 Å². The lowest BCUT2D eigenvalue weighted by atomic mass is 10.1. The Labute approximate surface area is 117 Å². The standard InChI is InChI=1S/C16H12N4/c1-12-3-2-4-16(20-12)14-5-7-15(8-6-14)19-11-13(9-17)10-18/h2-8,11,19H,1H3. The van der Waals surface area contributed by atoms with Crippen LogP contribution in [0.2, 0.25) is 0 Å². The molecule has 20 heavy (non-hydrogen) atoms. The van der Waals surface area contributed by atoms with Crippen molar-refractivity contribution in [1.29, 1.82) is 10.5 Å². The lowest BCUT2D eigenvalue weighted by Gasteiger charge is -2.04. The molecule has 0 spiro atoms. The molecule has 2 aromatic rings. The van der Waals surface area contributed by atoms with Gasteiger partial charge in [-0.2, -0.15) is 10.5 Å². The van der Waals surface area contributed by atoms with Crippen molar-refractivity contribution in [2.45, 2.75) is 6.92 Å². The Kier molecular flexibility index (Phi) is 4.11. The Morgan fingerprint density at radius 1 is 1.10 bits per heavy atom. The van der Waals surface area contributed by atoms with Gasteiger partial charge in [-0.15, -0.1) is 0 Å². The zero-order valence-corrected chi connectivity index (χ0v) is 11.0. The van der Waals surface area contributed by atoms with Crippen molar-refractivity contribution in [3.8, 4) is 23.4 Å². The van der Waals surface area contributed by atoms with Crippen molar-refractivity contribution >= 4 is 5.69 Å². The third-order valence-corrected chi connectivity index (χ3v) is 2.69. The van der Waals surface area contributed by atoms with E-state index in [1.807, 2.05) is 49.4 Å². The zero-order valence-electron chi connectivity index (χ0n) is 11.0. The number of nitrogens with one attached hydrogen (secondary N) is 1. The number of hydrogen-bond acceptors (Lipinski definition) is 4. The molecule has 0 fully saturated rings. The average molecular weight is 260 g/mol. The maximum atomic E-state index is 8.63. The van der Waals surface area contributed by atoms with E-state index in [0.29, 0.717) is 0 Å². The molecule has 0 saturated carbocycles. The molecule has 0 unspecified atom stereocenters. The minimum atomic E-state index is 0.0365. The van der Waals surface area contributed by atoms with Crippen molar-refractivity contribution in [3.63, 3.8) is 0 Å². The maximum absolute atomic E-state index is 8.63. The number of allylic oxidation sites excluding steroid dienone is 1. The first kappa shape index (κ1) is 13.3. The van der Waals surface area contributed by atoms with Gasteiger partial charge < -0.3 is 5.32 Å². The van der Waals surface area contributed by atoms with Crippen molar-refractivity contribution in [1.82, 2.24) is 4.98 Å². The Bertz CT molecular complexity index is 699. The second kappa shape index (κ2) is 6.17. The van der Waals surface area contributed by atoms with E-state index in [9.17, 15) is 0 Å². The fraction of sp³-hybridized carbons (Fsp3) is 0.0625. The van der Waals surface area contributed by atoms with Crippen LogP contribution in [0.1, 0.15) is 5.69 Å². The molecule has 0 saturated heterocycles. The zero-order chi connectivity index (χ0) is 14.4. The van der Waals surface area contributed by atoms with E-state index in [1.165, 1.54) is 6.20 Å². The van der Waals surface area contributed by atoms with Gasteiger partial charge in [-0.1, -0.05) is 18.2 Å². The normalized spacial score (nSPS) is 9.15. The number of pyridine rings is 1. The Morgan fingerprint density at radius 2 is 1.80 bits per heavy atom. The van der Waals surface area contributed by atoms with E-state index in [2.05, 4.69) is 10.3 Å². The number of rotatable bonds is 3. The summed E-state index contributed by atoms with van der Waals surface area (Å²) in [5, 5.41) is 20.2. The highest BCUT2D eigenvalue weighted by atomic mass is 14.8. The summed E-state index contributed by atoms with van der Waals surface area (Å²) >= 11 is 0. The summed E-state index contributed by atoms with van der Waals surface area (Å²) in [6.07, 6.45) is 1.39. The SMILES string of the molecule is Cc1cccc(-c2ccc(NC=C(C#N)C#N)cc2)n1. The van der Waals surface area contributed by atoms with Crippen LogP contribution in [0.25, 0.3) is 11.3 Å². The van der Waals surface area contributed by atoms with Crippen LogP contribution < -0.4 is 5.32 Å². The van der Waals surface area contributed by atoms with Crippen molar-refractivity contribution in [2.75, 3.05) is 5.32 Å². The molecule has 2 rings (SSSR count). The maximum Gasteiger partial charge on any atom is 0.145 e. The molecule has 0 radical (unpaired) electrons. The number of nitrogens with zero attached hydrogens (tertiary/aromatic N) is 3.